The van der Waals surface area contributed by atoms with Crippen molar-refractivity contribution in [3.05, 3.63) is 0 Å². The van der Waals surface area contributed by atoms with Crippen LogP contribution in [0.1, 0.15) is 12.8 Å². The molecular formula is C7H15NOS. The Balaban J connectivity index is 1.91. The molecule has 2 nitrogen and oxygen atoms in total. The van der Waals surface area contributed by atoms with Crippen molar-refractivity contribution >= 4 is 11.8 Å². The minimum absolute atomic E-state index is 0.317. The van der Waals surface area contributed by atoms with Crippen LogP contribution in [0.15, 0.2) is 0 Å². The second-order valence-electron chi connectivity index (χ2n) is 2.59. The Morgan fingerprint density at radius 3 is 3.10 bits per heavy atom. The first-order valence-electron chi connectivity index (χ1n) is 3.85. The van der Waals surface area contributed by atoms with Crippen LogP contribution < -0.4 is 5.32 Å². The normalized spacial score (nSPS) is 25.5. The summed E-state index contributed by atoms with van der Waals surface area (Å²) in [5.41, 5.74) is 0. The van der Waals surface area contributed by atoms with Gasteiger partial charge in [-0.05, 0) is 19.4 Å². The lowest BCUT2D eigenvalue weighted by Crippen LogP contribution is -2.23. The standard InChI is InChI=1S/C7H15NOS/c9-4-5-10-6-7-2-1-3-8-7/h7-9H,1-6H2/t7-/m0/s1. The molecule has 1 atom stereocenters. The Morgan fingerprint density at radius 2 is 2.50 bits per heavy atom. The van der Waals surface area contributed by atoms with E-state index in [1.807, 2.05) is 11.8 Å². The van der Waals surface area contributed by atoms with Gasteiger partial charge in [0.15, 0.2) is 0 Å². The van der Waals surface area contributed by atoms with E-state index in [4.69, 9.17) is 5.11 Å². The molecule has 60 valence electrons. The van der Waals surface area contributed by atoms with Crippen molar-refractivity contribution in [3.8, 4) is 0 Å². The van der Waals surface area contributed by atoms with Crippen molar-refractivity contribution in [2.45, 2.75) is 18.9 Å². The zero-order chi connectivity index (χ0) is 7.23. The predicted molar refractivity (Wildman–Crippen MR) is 45.4 cm³/mol. The van der Waals surface area contributed by atoms with Gasteiger partial charge in [0.05, 0.1) is 6.61 Å². The lowest BCUT2D eigenvalue weighted by molar-refractivity contribution is 0.322. The van der Waals surface area contributed by atoms with Crippen molar-refractivity contribution in [2.24, 2.45) is 0 Å². The largest absolute Gasteiger partial charge is 0.396 e. The highest BCUT2D eigenvalue weighted by atomic mass is 32.2. The van der Waals surface area contributed by atoms with E-state index in [1.165, 1.54) is 25.1 Å². The first-order valence-corrected chi connectivity index (χ1v) is 5.01. The zero-order valence-corrected chi connectivity index (χ0v) is 6.99. The van der Waals surface area contributed by atoms with Gasteiger partial charge in [0.1, 0.15) is 0 Å². The second-order valence-corrected chi connectivity index (χ2v) is 3.74. The predicted octanol–water partition coefficient (Wildman–Crippen LogP) is 0.464. The van der Waals surface area contributed by atoms with Crippen molar-refractivity contribution in [1.29, 1.82) is 0 Å². The summed E-state index contributed by atoms with van der Waals surface area (Å²) in [7, 11) is 0. The molecule has 1 saturated heterocycles. The maximum absolute atomic E-state index is 8.50. The van der Waals surface area contributed by atoms with Crippen LogP contribution >= 0.6 is 11.8 Å². The van der Waals surface area contributed by atoms with Gasteiger partial charge in [-0.1, -0.05) is 0 Å². The van der Waals surface area contributed by atoms with Crippen molar-refractivity contribution in [2.75, 3.05) is 24.7 Å². The highest BCUT2D eigenvalue weighted by Gasteiger charge is 2.12. The van der Waals surface area contributed by atoms with Gasteiger partial charge in [0.25, 0.3) is 0 Å². The third-order valence-electron chi connectivity index (χ3n) is 1.72. The molecule has 0 bridgehead atoms. The quantitative estimate of drug-likeness (QED) is 0.588. The van der Waals surface area contributed by atoms with E-state index < -0.39 is 0 Å². The topological polar surface area (TPSA) is 32.3 Å². The molecule has 10 heavy (non-hydrogen) atoms. The van der Waals surface area contributed by atoms with Crippen LogP contribution in [0.5, 0.6) is 0 Å². The number of hydrogen-bond donors (Lipinski definition) is 2. The Bertz CT molecular complexity index is 83.7. The van der Waals surface area contributed by atoms with E-state index in [-0.39, 0.29) is 0 Å². The van der Waals surface area contributed by atoms with Gasteiger partial charge in [-0.15, -0.1) is 0 Å². The Kier molecular flexibility index (Phi) is 4.18. The zero-order valence-electron chi connectivity index (χ0n) is 6.18. The average molecular weight is 161 g/mol. The first kappa shape index (κ1) is 8.37. The molecule has 1 aliphatic rings. The number of hydrogen-bond acceptors (Lipinski definition) is 3. The molecule has 0 aliphatic carbocycles. The van der Waals surface area contributed by atoms with Gasteiger partial charge >= 0.3 is 0 Å². The monoisotopic (exact) mass is 161 g/mol. The molecule has 0 amide bonds. The van der Waals surface area contributed by atoms with E-state index in [9.17, 15) is 0 Å². The molecule has 3 heteroatoms. The van der Waals surface area contributed by atoms with Gasteiger partial charge in [-0.25, -0.2) is 0 Å². The molecule has 0 unspecified atom stereocenters. The molecule has 1 heterocycles. The van der Waals surface area contributed by atoms with Gasteiger partial charge in [0, 0.05) is 17.5 Å². The SMILES string of the molecule is OCCSC[C@@H]1CCCN1. The van der Waals surface area contributed by atoms with Crippen LogP contribution in [0.25, 0.3) is 0 Å². The molecule has 0 aromatic carbocycles. The maximum atomic E-state index is 8.50. The summed E-state index contributed by atoms with van der Waals surface area (Å²) < 4.78 is 0. The van der Waals surface area contributed by atoms with Crippen LogP contribution in [0.4, 0.5) is 0 Å². The highest BCUT2D eigenvalue weighted by molar-refractivity contribution is 7.99. The lowest BCUT2D eigenvalue weighted by atomic mass is 10.3. The lowest BCUT2D eigenvalue weighted by Gasteiger charge is -2.07. The van der Waals surface area contributed by atoms with Crippen LogP contribution in [0.2, 0.25) is 0 Å². The van der Waals surface area contributed by atoms with Crippen LogP contribution in [-0.4, -0.2) is 35.8 Å². The van der Waals surface area contributed by atoms with Crippen LogP contribution in [0, 0.1) is 0 Å². The summed E-state index contributed by atoms with van der Waals surface area (Å²) in [5.74, 6) is 2.05. The van der Waals surface area contributed by atoms with Crippen molar-refractivity contribution in [1.82, 2.24) is 5.32 Å². The molecule has 0 aromatic heterocycles. The van der Waals surface area contributed by atoms with Crippen molar-refractivity contribution < 1.29 is 5.11 Å². The fraction of sp³-hybridized carbons (Fsp3) is 1.00. The number of aliphatic hydroxyl groups is 1. The Labute approximate surface area is 66.4 Å². The average Bonchev–Trinajstić information content (AvgIpc) is 2.41. The fourth-order valence-corrected chi connectivity index (χ4v) is 2.05. The van der Waals surface area contributed by atoms with E-state index >= 15 is 0 Å². The molecule has 0 saturated carbocycles. The van der Waals surface area contributed by atoms with E-state index in [1.54, 1.807) is 0 Å². The minimum Gasteiger partial charge on any atom is -0.396 e. The molecular weight excluding hydrogens is 146 g/mol. The third-order valence-corrected chi connectivity index (χ3v) is 2.83. The van der Waals surface area contributed by atoms with Gasteiger partial charge < -0.3 is 10.4 Å². The van der Waals surface area contributed by atoms with Crippen LogP contribution in [0.3, 0.4) is 0 Å². The molecule has 0 spiro atoms. The number of aliphatic hydroxyl groups excluding tert-OH is 1. The van der Waals surface area contributed by atoms with Gasteiger partial charge in [0.2, 0.25) is 0 Å². The highest BCUT2D eigenvalue weighted by Crippen LogP contribution is 2.10. The maximum Gasteiger partial charge on any atom is 0.0521 e. The first-order chi connectivity index (χ1) is 4.93. The molecule has 1 rings (SSSR count). The molecule has 2 N–H and O–H groups in total. The van der Waals surface area contributed by atoms with Crippen LogP contribution in [-0.2, 0) is 0 Å². The number of nitrogens with one attached hydrogen (secondary N) is 1. The van der Waals surface area contributed by atoms with E-state index in [0.717, 1.165) is 11.8 Å². The smallest absolute Gasteiger partial charge is 0.0521 e. The van der Waals surface area contributed by atoms with Gasteiger partial charge in [-0.2, -0.15) is 11.8 Å². The Hall–Kier alpha value is 0.270. The summed E-state index contributed by atoms with van der Waals surface area (Å²) in [5, 5.41) is 11.9. The molecule has 0 aromatic rings. The molecule has 1 fully saturated rings. The van der Waals surface area contributed by atoms with Gasteiger partial charge in [-0.3, -0.25) is 0 Å². The number of rotatable bonds is 4. The fourth-order valence-electron chi connectivity index (χ4n) is 1.19. The minimum atomic E-state index is 0.317. The van der Waals surface area contributed by atoms with E-state index in [2.05, 4.69) is 5.32 Å². The van der Waals surface area contributed by atoms with Crippen molar-refractivity contribution in [3.63, 3.8) is 0 Å². The third kappa shape index (κ3) is 2.90. The second kappa shape index (κ2) is 4.99. The van der Waals surface area contributed by atoms with E-state index in [0.29, 0.717) is 6.61 Å². The number of thioether (sulfide) groups is 1. The summed E-state index contributed by atoms with van der Waals surface area (Å²) in [6.07, 6.45) is 2.64. The summed E-state index contributed by atoms with van der Waals surface area (Å²) in [6.45, 7) is 1.50. The Morgan fingerprint density at radius 1 is 1.60 bits per heavy atom. The molecule has 0 radical (unpaired) electrons. The summed E-state index contributed by atoms with van der Waals surface area (Å²) in [6, 6.07) is 0.719. The summed E-state index contributed by atoms with van der Waals surface area (Å²) >= 11 is 1.84. The summed E-state index contributed by atoms with van der Waals surface area (Å²) in [4.78, 5) is 0. The molecule has 1 aliphatic heterocycles.